The van der Waals surface area contributed by atoms with Crippen LogP contribution in [0.1, 0.15) is 22.3 Å². The van der Waals surface area contributed by atoms with Gasteiger partial charge in [0.1, 0.15) is 11.5 Å². The van der Waals surface area contributed by atoms with E-state index in [1.54, 1.807) is 0 Å². The molecule has 4 aromatic rings. The predicted molar refractivity (Wildman–Crippen MR) is 111 cm³/mol. The topological polar surface area (TPSA) is 36.9 Å². The average Bonchev–Trinajstić information content (AvgIpc) is 2.78. The molecule has 0 aliphatic carbocycles. The van der Waals surface area contributed by atoms with Crippen molar-refractivity contribution in [3.63, 3.8) is 0 Å². The van der Waals surface area contributed by atoms with Gasteiger partial charge in [0.25, 0.3) is 0 Å². The molecule has 0 aromatic heterocycles. The van der Waals surface area contributed by atoms with Crippen molar-refractivity contribution in [2.75, 3.05) is 13.6 Å². The van der Waals surface area contributed by atoms with Gasteiger partial charge in [-0.25, -0.2) is 0 Å². The van der Waals surface area contributed by atoms with Gasteiger partial charge in [0.05, 0.1) is 13.2 Å². The molecule has 4 heteroatoms. The van der Waals surface area contributed by atoms with E-state index in [0.29, 0.717) is 13.2 Å². The van der Waals surface area contributed by atoms with Gasteiger partial charge in [-0.05, 0) is 33.7 Å². The van der Waals surface area contributed by atoms with Crippen LogP contribution in [-0.2, 0) is 29.1 Å². The Morgan fingerprint density at radius 3 is 1.62 bits per heavy atom. The Hall–Kier alpha value is -3.08. The van der Waals surface area contributed by atoms with E-state index in [2.05, 4.69) is 60.7 Å². The van der Waals surface area contributed by atoms with Crippen LogP contribution in [0.15, 0.2) is 60.7 Å². The summed E-state index contributed by atoms with van der Waals surface area (Å²) in [5.41, 5.74) is 4.58. The van der Waals surface area contributed by atoms with Gasteiger partial charge in [-0.15, -0.1) is 0 Å². The number of hydrogen-bond donors (Lipinski definition) is 0. The Morgan fingerprint density at radius 2 is 1.10 bits per heavy atom. The lowest BCUT2D eigenvalue weighted by molar-refractivity contribution is -0.0174. The normalized spacial score (nSPS) is 15.4. The van der Waals surface area contributed by atoms with Gasteiger partial charge >= 0.3 is 0 Å². The minimum atomic E-state index is 0.288. The maximum atomic E-state index is 6.00. The van der Waals surface area contributed by atoms with E-state index in [0.717, 1.165) is 29.0 Å². The van der Waals surface area contributed by atoms with Crippen molar-refractivity contribution in [1.82, 2.24) is 0 Å². The molecule has 2 aliphatic heterocycles. The number of rotatable bonds is 2. The average molecular weight is 384 g/mol. The molecular weight excluding hydrogens is 364 g/mol. The molecule has 0 unspecified atom stereocenters. The number of fused-ring (bicyclic) bond motifs is 4. The van der Waals surface area contributed by atoms with E-state index >= 15 is 0 Å². The highest BCUT2D eigenvalue weighted by Gasteiger charge is 2.23. The first-order valence-corrected chi connectivity index (χ1v) is 9.86. The Labute approximate surface area is 168 Å². The van der Waals surface area contributed by atoms with Gasteiger partial charge in [0.2, 0.25) is 0 Å². The van der Waals surface area contributed by atoms with Gasteiger partial charge < -0.3 is 18.9 Å². The summed E-state index contributed by atoms with van der Waals surface area (Å²) < 4.78 is 23.1. The highest BCUT2D eigenvalue weighted by atomic mass is 16.7. The van der Waals surface area contributed by atoms with Crippen LogP contribution >= 0.6 is 0 Å². The molecule has 0 atom stereocenters. The SMILES string of the molecule is c1ccc2c(Cc3c4c(cc5ccccc35)COCO4)c3c(cc2c1)COCO3. The molecule has 2 aliphatic rings. The van der Waals surface area contributed by atoms with Crippen molar-refractivity contribution < 1.29 is 18.9 Å². The van der Waals surface area contributed by atoms with Crippen LogP contribution in [0.3, 0.4) is 0 Å². The van der Waals surface area contributed by atoms with E-state index in [1.165, 1.54) is 32.7 Å². The summed E-state index contributed by atoms with van der Waals surface area (Å²) in [6, 6.07) is 21.3. The predicted octanol–water partition coefficient (Wildman–Crippen LogP) is 5.32. The second-order valence-electron chi connectivity index (χ2n) is 7.53. The molecule has 0 N–H and O–H groups in total. The summed E-state index contributed by atoms with van der Waals surface area (Å²) in [5, 5.41) is 4.83. The molecule has 0 fully saturated rings. The fourth-order valence-corrected chi connectivity index (χ4v) is 4.54. The van der Waals surface area contributed by atoms with Crippen LogP contribution < -0.4 is 9.47 Å². The Morgan fingerprint density at radius 1 is 0.621 bits per heavy atom. The minimum Gasteiger partial charge on any atom is -0.467 e. The zero-order valence-electron chi connectivity index (χ0n) is 15.9. The molecular formula is C25H20O4. The summed E-state index contributed by atoms with van der Waals surface area (Å²) in [7, 11) is 0. The summed E-state index contributed by atoms with van der Waals surface area (Å²) in [6.07, 6.45) is 0.730. The third kappa shape index (κ3) is 2.76. The zero-order valence-corrected chi connectivity index (χ0v) is 15.9. The highest BCUT2D eigenvalue weighted by Crippen LogP contribution is 2.41. The molecule has 4 nitrogen and oxygen atoms in total. The number of benzene rings is 4. The van der Waals surface area contributed by atoms with Gasteiger partial charge in [0, 0.05) is 28.7 Å². The van der Waals surface area contributed by atoms with Gasteiger partial charge in [-0.3, -0.25) is 0 Å². The van der Waals surface area contributed by atoms with Crippen molar-refractivity contribution in [1.29, 1.82) is 0 Å². The lowest BCUT2D eigenvalue weighted by Crippen LogP contribution is -2.15. The molecule has 2 heterocycles. The largest absolute Gasteiger partial charge is 0.467 e. The zero-order chi connectivity index (χ0) is 19.2. The molecule has 6 rings (SSSR count). The standard InChI is InChI=1S/C25H20O4/c1-3-7-20-16(5-1)9-18-12-26-14-28-24(18)22(20)11-23-21-8-4-2-6-17(21)10-19-13-27-15-29-25(19)23/h1-10H,11-15H2. The summed E-state index contributed by atoms with van der Waals surface area (Å²) in [6.45, 7) is 1.73. The van der Waals surface area contributed by atoms with Gasteiger partial charge in [-0.2, -0.15) is 0 Å². The maximum absolute atomic E-state index is 6.00. The smallest absolute Gasteiger partial charge is 0.189 e. The van der Waals surface area contributed by atoms with E-state index in [4.69, 9.17) is 18.9 Å². The minimum absolute atomic E-state index is 0.288. The van der Waals surface area contributed by atoms with Crippen molar-refractivity contribution in [3.05, 3.63) is 82.9 Å². The highest BCUT2D eigenvalue weighted by molar-refractivity contribution is 5.93. The van der Waals surface area contributed by atoms with Gasteiger partial charge in [0.15, 0.2) is 13.6 Å². The quantitative estimate of drug-likeness (QED) is 0.469. The maximum Gasteiger partial charge on any atom is 0.189 e. The monoisotopic (exact) mass is 384 g/mol. The fourth-order valence-electron chi connectivity index (χ4n) is 4.54. The molecule has 144 valence electrons. The van der Waals surface area contributed by atoms with Crippen molar-refractivity contribution in [2.45, 2.75) is 19.6 Å². The Balaban J connectivity index is 1.62. The fraction of sp³-hybridized carbons (Fsp3) is 0.200. The Bertz CT molecular complexity index is 1150. The molecule has 0 saturated heterocycles. The lowest BCUT2D eigenvalue weighted by atomic mass is 9.90. The number of ether oxygens (including phenoxy) is 4. The van der Waals surface area contributed by atoms with E-state index < -0.39 is 0 Å². The van der Waals surface area contributed by atoms with E-state index in [-0.39, 0.29) is 13.6 Å². The third-order valence-corrected chi connectivity index (χ3v) is 5.80. The van der Waals surface area contributed by atoms with Crippen LogP contribution in [-0.4, -0.2) is 13.6 Å². The third-order valence-electron chi connectivity index (χ3n) is 5.80. The van der Waals surface area contributed by atoms with E-state index in [9.17, 15) is 0 Å². The van der Waals surface area contributed by atoms with Crippen LogP contribution in [0.5, 0.6) is 11.5 Å². The second-order valence-corrected chi connectivity index (χ2v) is 7.53. The molecule has 0 spiro atoms. The second kappa shape index (κ2) is 6.76. The first kappa shape index (κ1) is 16.8. The molecule has 4 aromatic carbocycles. The van der Waals surface area contributed by atoms with Gasteiger partial charge in [-0.1, -0.05) is 48.5 Å². The number of hydrogen-bond acceptors (Lipinski definition) is 4. The van der Waals surface area contributed by atoms with Crippen LogP contribution in [0.25, 0.3) is 21.5 Å². The van der Waals surface area contributed by atoms with Crippen LogP contribution in [0, 0.1) is 0 Å². The summed E-state index contributed by atoms with van der Waals surface area (Å²) in [5.74, 6) is 1.90. The van der Waals surface area contributed by atoms with E-state index in [1.807, 2.05) is 0 Å². The summed E-state index contributed by atoms with van der Waals surface area (Å²) >= 11 is 0. The molecule has 0 radical (unpaired) electrons. The van der Waals surface area contributed by atoms with Crippen molar-refractivity contribution >= 4 is 21.5 Å². The summed E-state index contributed by atoms with van der Waals surface area (Å²) in [4.78, 5) is 0. The molecule has 0 amide bonds. The first-order chi connectivity index (χ1) is 14.4. The van der Waals surface area contributed by atoms with Crippen LogP contribution in [0.2, 0.25) is 0 Å². The van der Waals surface area contributed by atoms with Crippen LogP contribution in [0.4, 0.5) is 0 Å². The Kier molecular flexibility index (Phi) is 3.93. The van der Waals surface area contributed by atoms with Crippen molar-refractivity contribution in [2.24, 2.45) is 0 Å². The van der Waals surface area contributed by atoms with Crippen molar-refractivity contribution in [3.8, 4) is 11.5 Å². The molecule has 29 heavy (non-hydrogen) atoms. The molecule has 0 saturated carbocycles. The molecule has 0 bridgehead atoms. The lowest BCUT2D eigenvalue weighted by Gasteiger charge is -2.25. The first-order valence-electron chi connectivity index (χ1n) is 9.86.